The van der Waals surface area contributed by atoms with Crippen LogP contribution < -0.4 is 32.8 Å². The summed E-state index contributed by atoms with van der Waals surface area (Å²) in [5.74, 6) is -1.23. The Labute approximate surface area is 287 Å². The molecule has 0 aliphatic carbocycles. The Kier molecular flexibility index (Phi) is 12.7. The summed E-state index contributed by atoms with van der Waals surface area (Å²) in [7, 11) is -17.1. The molecule has 2 aromatic heterocycles. The molecule has 1 fully saturated rings. The third kappa shape index (κ3) is 10.9. The van der Waals surface area contributed by atoms with E-state index < -0.39 is 89.0 Å². The van der Waals surface area contributed by atoms with Crippen LogP contribution in [0.4, 0.5) is 4.79 Å². The lowest BCUT2D eigenvalue weighted by molar-refractivity contribution is -0.0542. The monoisotopic (exact) mass is 799 g/mol. The van der Waals surface area contributed by atoms with E-state index in [1.54, 1.807) is 0 Å². The van der Waals surface area contributed by atoms with Crippen molar-refractivity contribution in [3.63, 3.8) is 0 Å². The van der Waals surface area contributed by atoms with Crippen molar-refractivity contribution in [1.29, 1.82) is 0 Å². The summed E-state index contributed by atoms with van der Waals surface area (Å²) in [6.07, 6.45) is -3.84. The average molecular weight is 799 g/mol. The topological polar surface area (TPSA) is 385 Å². The maximum Gasteiger partial charge on any atom is 0.490 e. The standard InChI is InChI=1S/C24H28N5O20P3/c30-13-3-4-15-12(6-13)7-14(22(35)47-15)20(34)27-23(36)26-10-25-5-1-2-11-8-29(24(37)28-19(11)33)21-18(32)17(31)16(46-21)9-45-51(41,42)49-52(43,44)48-50(38,39)40/h1-4,6-8,16-18,21,25,30-32H,5,9-10H2,(H,41,42)(H,43,44)(H,28,33,37)(H2,38,39,40)(H2,26,27,34,36)/b2-1+/t16-,17-,18-,21-/m1/s1. The lowest BCUT2D eigenvalue weighted by Gasteiger charge is -2.19. The number of hydrogen-bond acceptors (Lipinski definition) is 17. The van der Waals surface area contributed by atoms with Crippen LogP contribution in [0.2, 0.25) is 0 Å². The second-order valence-electron chi connectivity index (χ2n) is 10.3. The van der Waals surface area contributed by atoms with E-state index in [1.165, 1.54) is 30.4 Å². The van der Waals surface area contributed by atoms with Gasteiger partial charge in [0.25, 0.3) is 11.5 Å². The zero-order valence-corrected chi connectivity index (χ0v) is 28.4. The fourth-order valence-electron chi connectivity index (χ4n) is 4.34. The summed E-state index contributed by atoms with van der Waals surface area (Å²) in [6, 6.07) is 3.98. The van der Waals surface area contributed by atoms with Crippen LogP contribution in [0.1, 0.15) is 22.1 Å². The fourth-order valence-corrected chi connectivity index (χ4v) is 7.37. The zero-order valence-electron chi connectivity index (χ0n) is 25.7. The number of phenols is 1. The second kappa shape index (κ2) is 16.2. The van der Waals surface area contributed by atoms with Crippen molar-refractivity contribution in [2.45, 2.75) is 24.5 Å². The van der Waals surface area contributed by atoms with Gasteiger partial charge in [-0.15, -0.1) is 0 Å². The number of carbonyl (C=O) groups is 2. The molecule has 3 amide bonds. The molecule has 1 saturated heterocycles. The van der Waals surface area contributed by atoms with Gasteiger partial charge in [0, 0.05) is 18.1 Å². The van der Waals surface area contributed by atoms with Gasteiger partial charge in [-0.2, -0.15) is 8.62 Å². The number of aliphatic hydroxyl groups is 2. The van der Waals surface area contributed by atoms with Crippen LogP contribution in [-0.4, -0.2) is 94.5 Å². The van der Waals surface area contributed by atoms with E-state index >= 15 is 0 Å². The molecule has 28 heteroatoms. The molecule has 0 saturated carbocycles. The molecule has 0 bridgehead atoms. The molecule has 25 nitrogen and oxygen atoms in total. The molecular weight excluding hydrogens is 771 g/mol. The van der Waals surface area contributed by atoms with Crippen LogP contribution >= 0.6 is 23.5 Å². The summed E-state index contributed by atoms with van der Waals surface area (Å²) in [5, 5.41) is 37.5. The van der Waals surface area contributed by atoms with Crippen LogP contribution in [-0.2, 0) is 31.6 Å². The Bertz CT molecular complexity index is 2200. The summed E-state index contributed by atoms with van der Waals surface area (Å²) in [5.41, 5.74) is -3.65. The van der Waals surface area contributed by atoms with E-state index in [4.69, 9.17) is 18.9 Å². The van der Waals surface area contributed by atoms with Gasteiger partial charge in [-0.05, 0) is 24.3 Å². The number of amides is 3. The maximum absolute atomic E-state index is 12.5. The normalized spacial score (nSPS) is 21.5. The molecule has 0 radical (unpaired) electrons. The van der Waals surface area contributed by atoms with Crippen LogP contribution in [0.5, 0.6) is 5.75 Å². The number of H-pyrrole nitrogens is 1. The highest BCUT2D eigenvalue weighted by Crippen LogP contribution is 2.66. The molecule has 1 aliphatic heterocycles. The van der Waals surface area contributed by atoms with Gasteiger partial charge in [0.05, 0.1) is 18.8 Å². The molecular formula is C24H28N5O20P3. The molecule has 2 unspecified atom stereocenters. The molecule has 11 N–H and O–H groups in total. The van der Waals surface area contributed by atoms with Crippen molar-refractivity contribution >= 4 is 52.5 Å². The minimum absolute atomic E-state index is 0.0194. The predicted octanol–water partition coefficient (Wildman–Crippen LogP) is -1.99. The summed E-state index contributed by atoms with van der Waals surface area (Å²) in [4.78, 5) is 99.4. The first-order chi connectivity index (χ1) is 24.1. The second-order valence-corrected chi connectivity index (χ2v) is 14.8. The number of carbonyl (C=O) groups excluding carboxylic acids is 2. The molecule has 1 aliphatic rings. The number of rotatable bonds is 14. The molecule has 0 spiro atoms. The number of fused-ring (bicyclic) bond motifs is 1. The number of urea groups is 1. The Hall–Kier alpha value is -4.16. The molecule has 6 atom stereocenters. The van der Waals surface area contributed by atoms with Crippen LogP contribution in [0.25, 0.3) is 17.0 Å². The van der Waals surface area contributed by atoms with E-state index in [2.05, 4.69) is 23.8 Å². The van der Waals surface area contributed by atoms with Gasteiger partial charge in [-0.1, -0.05) is 12.2 Å². The molecule has 3 aromatic rings. The number of aromatic hydroxyl groups is 1. The van der Waals surface area contributed by atoms with Gasteiger partial charge in [0.1, 0.15) is 35.2 Å². The minimum atomic E-state index is -5.84. The molecule has 4 rings (SSSR count). The van der Waals surface area contributed by atoms with Crippen molar-refractivity contribution in [3.05, 3.63) is 78.9 Å². The number of phosphoric ester groups is 1. The van der Waals surface area contributed by atoms with Crippen molar-refractivity contribution in [1.82, 2.24) is 25.5 Å². The largest absolute Gasteiger partial charge is 0.508 e. The number of nitrogens with one attached hydrogen (secondary N) is 4. The lowest BCUT2D eigenvalue weighted by atomic mass is 10.1. The highest BCUT2D eigenvalue weighted by atomic mass is 31.3. The van der Waals surface area contributed by atoms with E-state index in [0.29, 0.717) is 4.57 Å². The van der Waals surface area contributed by atoms with Gasteiger partial charge < -0.3 is 49.4 Å². The van der Waals surface area contributed by atoms with Crippen LogP contribution in [0.15, 0.2) is 55.3 Å². The van der Waals surface area contributed by atoms with Gasteiger partial charge in [0.2, 0.25) is 0 Å². The first-order valence-electron chi connectivity index (χ1n) is 14.0. The number of phenolic OH excluding ortho intramolecular Hbond substituents is 1. The number of nitrogens with zero attached hydrogens (tertiary/aromatic N) is 1. The summed E-state index contributed by atoms with van der Waals surface area (Å²) in [6.45, 7) is -1.41. The van der Waals surface area contributed by atoms with Gasteiger partial charge >= 0.3 is 40.8 Å². The predicted molar refractivity (Wildman–Crippen MR) is 169 cm³/mol. The highest BCUT2D eigenvalue weighted by Gasteiger charge is 2.47. The number of imide groups is 1. The quantitative estimate of drug-likeness (QED) is 0.0364. The maximum atomic E-state index is 12.5. The zero-order chi connectivity index (χ0) is 38.6. The average Bonchev–Trinajstić information content (AvgIpc) is 3.29. The third-order valence-corrected chi connectivity index (χ3v) is 10.3. The number of ether oxygens (including phenoxy) is 1. The van der Waals surface area contributed by atoms with E-state index in [9.17, 15) is 62.8 Å². The van der Waals surface area contributed by atoms with Crippen molar-refractivity contribution < 1.29 is 80.5 Å². The van der Waals surface area contributed by atoms with Crippen molar-refractivity contribution in [2.75, 3.05) is 19.8 Å². The SMILES string of the molecule is O=C(NCNC/C=C/c1cn([C@@H]2O[C@H](COP(=O)(O)OP(=O)(O)OP(=O)(O)O)[C@@H](O)[C@H]2O)c(=O)[nH]c1=O)NC(=O)c1cc2cc(O)ccc2oc1=O. The van der Waals surface area contributed by atoms with Crippen LogP contribution in [0, 0.1) is 0 Å². The first-order valence-corrected chi connectivity index (χ1v) is 18.6. The first kappa shape index (κ1) is 40.6. The van der Waals surface area contributed by atoms with Crippen molar-refractivity contribution in [3.8, 4) is 5.75 Å². The molecule has 52 heavy (non-hydrogen) atoms. The number of hydrogen-bond donors (Lipinski definition) is 11. The lowest BCUT2D eigenvalue weighted by Crippen LogP contribution is -2.44. The highest BCUT2D eigenvalue weighted by molar-refractivity contribution is 7.66. The fraction of sp³-hybridized carbons (Fsp3) is 0.292. The Morgan fingerprint density at radius 1 is 1.00 bits per heavy atom. The molecule has 284 valence electrons. The summed E-state index contributed by atoms with van der Waals surface area (Å²) < 4.78 is 56.7. The van der Waals surface area contributed by atoms with E-state index in [0.717, 1.165) is 12.3 Å². The number of phosphoric acid groups is 3. The Balaban J connectivity index is 1.29. The number of aromatic amines is 1. The van der Waals surface area contributed by atoms with E-state index in [1.807, 2.05) is 10.3 Å². The van der Waals surface area contributed by atoms with Gasteiger partial charge in [-0.25, -0.2) is 28.1 Å². The third-order valence-electron chi connectivity index (χ3n) is 6.55. The Morgan fingerprint density at radius 2 is 1.71 bits per heavy atom. The summed E-state index contributed by atoms with van der Waals surface area (Å²) >= 11 is 0. The number of benzene rings is 1. The van der Waals surface area contributed by atoms with Gasteiger partial charge in [-0.3, -0.25) is 34.3 Å². The smallest absolute Gasteiger partial charge is 0.490 e. The van der Waals surface area contributed by atoms with Crippen LogP contribution in [0.3, 0.4) is 0 Å². The Morgan fingerprint density at radius 3 is 2.40 bits per heavy atom. The van der Waals surface area contributed by atoms with Crippen molar-refractivity contribution in [2.24, 2.45) is 0 Å². The molecule has 3 heterocycles. The number of aliphatic hydroxyl groups excluding tert-OH is 2. The van der Waals surface area contributed by atoms with E-state index in [-0.39, 0.29) is 35.5 Å². The molecule has 1 aromatic carbocycles. The number of aromatic nitrogens is 2. The minimum Gasteiger partial charge on any atom is -0.508 e. The van der Waals surface area contributed by atoms with Gasteiger partial charge in [0.15, 0.2) is 6.23 Å².